The molecule has 0 aliphatic rings. The second-order valence-corrected chi connectivity index (χ2v) is 11.6. The summed E-state index contributed by atoms with van der Waals surface area (Å²) in [5.74, 6) is 0. The molecule has 0 unspecified atom stereocenters. The molecule has 0 bridgehead atoms. The van der Waals surface area contributed by atoms with Gasteiger partial charge in [0.1, 0.15) is 0 Å². The minimum atomic E-state index is -2.40. The highest BCUT2D eigenvalue weighted by Crippen LogP contribution is 2.17. The predicted molar refractivity (Wildman–Crippen MR) is 103 cm³/mol. The number of hydrogen-bond donors (Lipinski definition) is 2. The minimum absolute atomic E-state index is 0.636. The Morgan fingerprint density at radius 2 is 1.08 bits per heavy atom. The first-order valence-electron chi connectivity index (χ1n) is 8.85. The van der Waals surface area contributed by atoms with Crippen molar-refractivity contribution < 1.29 is 22.1 Å². The quantitative estimate of drug-likeness (QED) is 0.442. The van der Waals surface area contributed by atoms with E-state index in [0.717, 1.165) is 31.5 Å². The summed E-state index contributed by atoms with van der Waals surface area (Å²) in [6, 6.07) is 1.80. The van der Waals surface area contributed by atoms with Crippen LogP contribution < -0.4 is 11.5 Å². The van der Waals surface area contributed by atoms with Crippen LogP contribution >= 0.6 is 0 Å². The van der Waals surface area contributed by atoms with Crippen molar-refractivity contribution in [3.05, 3.63) is 0 Å². The zero-order chi connectivity index (χ0) is 18.9. The zero-order valence-corrected chi connectivity index (χ0v) is 18.6. The molecule has 0 atom stereocenters. The van der Waals surface area contributed by atoms with Gasteiger partial charge < -0.3 is 33.6 Å². The first-order valence-corrected chi connectivity index (χ1v) is 13.3. The Morgan fingerprint density at radius 1 is 0.708 bits per heavy atom. The number of rotatable bonds is 14. The van der Waals surface area contributed by atoms with E-state index in [9.17, 15) is 0 Å². The zero-order valence-electron chi connectivity index (χ0n) is 16.6. The first-order chi connectivity index (χ1) is 11.4. The summed E-state index contributed by atoms with van der Waals surface area (Å²) >= 11 is 0. The fraction of sp³-hybridized carbons (Fsp3) is 1.00. The van der Waals surface area contributed by atoms with Crippen LogP contribution in [0.1, 0.15) is 33.6 Å². The van der Waals surface area contributed by atoms with Gasteiger partial charge in [-0.15, -0.1) is 0 Å². The van der Waals surface area contributed by atoms with Gasteiger partial charge in [-0.25, -0.2) is 0 Å². The lowest BCUT2D eigenvalue weighted by Gasteiger charge is -2.28. The van der Waals surface area contributed by atoms with Crippen LogP contribution in [0.25, 0.3) is 0 Å². The molecule has 0 aliphatic carbocycles. The molecule has 4 N–H and O–H groups in total. The van der Waals surface area contributed by atoms with Crippen molar-refractivity contribution in [1.29, 1.82) is 0 Å². The highest BCUT2D eigenvalue weighted by Gasteiger charge is 2.39. The molecule has 0 aromatic heterocycles. The maximum Gasteiger partial charge on any atom is 0.500 e. The van der Waals surface area contributed by atoms with Gasteiger partial charge in [0.25, 0.3) is 0 Å². The molecule has 7 nitrogen and oxygen atoms in total. The van der Waals surface area contributed by atoms with Crippen LogP contribution in [-0.4, -0.2) is 64.5 Å². The third-order valence-corrected chi connectivity index (χ3v) is 9.62. The maximum atomic E-state index is 5.65. The van der Waals surface area contributed by atoms with Gasteiger partial charge in [0.05, 0.1) is 0 Å². The average Bonchev–Trinajstić information content (AvgIpc) is 2.59. The van der Waals surface area contributed by atoms with Gasteiger partial charge in [0.2, 0.25) is 0 Å². The third-order valence-electron chi connectivity index (χ3n) is 3.48. The second kappa shape index (κ2) is 16.6. The van der Waals surface area contributed by atoms with E-state index in [2.05, 4.69) is 0 Å². The first kappa shape index (κ1) is 26.4. The van der Waals surface area contributed by atoms with Crippen molar-refractivity contribution in [2.24, 2.45) is 11.5 Å². The van der Waals surface area contributed by atoms with Crippen LogP contribution in [0.15, 0.2) is 0 Å². The summed E-state index contributed by atoms with van der Waals surface area (Å²) in [6.07, 6.45) is 1.89. The van der Waals surface area contributed by atoms with Gasteiger partial charge in [-0.3, -0.25) is 0 Å². The molecular formula is C15H40N2O5Si2. The third kappa shape index (κ3) is 12.5. The van der Waals surface area contributed by atoms with Crippen molar-refractivity contribution in [2.45, 2.75) is 52.2 Å². The van der Waals surface area contributed by atoms with Crippen molar-refractivity contribution in [3.63, 3.8) is 0 Å². The van der Waals surface area contributed by atoms with Gasteiger partial charge in [-0.1, -0.05) is 0 Å². The van der Waals surface area contributed by atoms with E-state index in [0.29, 0.717) is 26.4 Å². The molecule has 0 saturated carbocycles. The SMILES string of the molecule is CCO[Si](CCCN)(OCC)OCC.CO[Si](C)(CCCN)OC. The minimum Gasteiger partial charge on any atom is -0.398 e. The topological polar surface area (TPSA) is 98.2 Å². The number of hydrogen-bond acceptors (Lipinski definition) is 7. The van der Waals surface area contributed by atoms with E-state index >= 15 is 0 Å². The average molecular weight is 385 g/mol. The lowest BCUT2D eigenvalue weighted by atomic mass is 10.5. The Labute approximate surface area is 150 Å². The van der Waals surface area contributed by atoms with Crippen LogP contribution in [-0.2, 0) is 22.1 Å². The Kier molecular flexibility index (Phi) is 18.3. The highest BCUT2D eigenvalue weighted by molar-refractivity contribution is 6.65. The summed E-state index contributed by atoms with van der Waals surface area (Å²) in [7, 11) is -0.794. The van der Waals surface area contributed by atoms with Crippen molar-refractivity contribution >= 4 is 17.4 Å². The molecule has 0 radical (unpaired) electrons. The van der Waals surface area contributed by atoms with Crippen LogP contribution in [0.2, 0.25) is 18.6 Å². The van der Waals surface area contributed by atoms with Crippen LogP contribution in [0.3, 0.4) is 0 Å². The fourth-order valence-electron chi connectivity index (χ4n) is 2.03. The highest BCUT2D eigenvalue weighted by atomic mass is 28.4. The Hall–Kier alpha value is 0.154. The van der Waals surface area contributed by atoms with Gasteiger partial charge in [-0.2, -0.15) is 0 Å². The van der Waals surface area contributed by atoms with Gasteiger partial charge in [0, 0.05) is 40.1 Å². The second-order valence-electron chi connectivity index (χ2n) is 5.31. The lowest BCUT2D eigenvalue weighted by Crippen LogP contribution is -2.46. The molecule has 0 amide bonds. The number of nitrogens with two attached hydrogens (primary N) is 2. The summed E-state index contributed by atoms with van der Waals surface area (Å²) in [5, 5.41) is 0. The van der Waals surface area contributed by atoms with Crippen LogP contribution in [0.5, 0.6) is 0 Å². The fourth-order valence-corrected chi connectivity index (χ4v) is 6.09. The Bertz CT molecular complexity index is 255. The van der Waals surface area contributed by atoms with E-state index in [1.807, 2.05) is 27.3 Å². The van der Waals surface area contributed by atoms with E-state index in [-0.39, 0.29) is 0 Å². The molecule has 0 spiro atoms. The summed E-state index contributed by atoms with van der Waals surface area (Å²) in [6.45, 7) is 11.2. The Morgan fingerprint density at radius 3 is 1.38 bits per heavy atom. The largest absolute Gasteiger partial charge is 0.500 e. The summed E-state index contributed by atoms with van der Waals surface area (Å²) in [4.78, 5) is 0. The molecule has 0 rings (SSSR count). The summed E-state index contributed by atoms with van der Waals surface area (Å²) in [5.41, 5.74) is 10.8. The molecule has 0 aliphatic heterocycles. The standard InChI is InChI=1S/C9H23NO3Si.C6H17NO2Si/c1-4-11-14(12-5-2,13-6-3)9-7-8-10;1-8-10(3,9-2)6-4-5-7/h4-10H2,1-3H3;4-7H2,1-3H3. The lowest BCUT2D eigenvalue weighted by molar-refractivity contribution is 0.0710. The molecule has 9 heteroatoms. The molecular weight excluding hydrogens is 344 g/mol. The smallest absolute Gasteiger partial charge is 0.398 e. The molecule has 0 fully saturated rings. The summed E-state index contributed by atoms with van der Waals surface area (Å²) < 4.78 is 27.5. The van der Waals surface area contributed by atoms with Gasteiger partial charge in [-0.05, 0) is 59.3 Å². The van der Waals surface area contributed by atoms with Crippen molar-refractivity contribution in [2.75, 3.05) is 47.1 Å². The van der Waals surface area contributed by atoms with Crippen molar-refractivity contribution in [1.82, 2.24) is 0 Å². The Balaban J connectivity index is 0. The van der Waals surface area contributed by atoms with Crippen LogP contribution in [0, 0.1) is 0 Å². The van der Waals surface area contributed by atoms with Gasteiger partial charge in [0.15, 0.2) is 0 Å². The molecule has 0 heterocycles. The molecule has 0 saturated heterocycles. The molecule has 24 heavy (non-hydrogen) atoms. The van der Waals surface area contributed by atoms with Crippen molar-refractivity contribution in [3.8, 4) is 0 Å². The molecule has 0 aromatic carbocycles. The molecule has 148 valence electrons. The van der Waals surface area contributed by atoms with E-state index in [1.165, 1.54) is 0 Å². The predicted octanol–water partition coefficient (Wildman–Crippen LogP) is 2.08. The monoisotopic (exact) mass is 384 g/mol. The molecule has 0 aromatic rings. The van der Waals surface area contributed by atoms with E-state index in [1.54, 1.807) is 14.2 Å². The van der Waals surface area contributed by atoms with Crippen LogP contribution in [0.4, 0.5) is 0 Å². The normalized spacial score (nSPS) is 12.0. The van der Waals surface area contributed by atoms with E-state index < -0.39 is 17.4 Å². The van der Waals surface area contributed by atoms with E-state index in [4.69, 9.17) is 33.6 Å². The maximum absolute atomic E-state index is 5.65. The van der Waals surface area contributed by atoms with Gasteiger partial charge >= 0.3 is 17.4 Å².